The summed E-state index contributed by atoms with van der Waals surface area (Å²) in [5.74, 6) is 0.108. The highest BCUT2D eigenvalue weighted by Crippen LogP contribution is 2.52. The molecule has 1 amide bonds. The van der Waals surface area contributed by atoms with Gasteiger partial charge in [0.1, 0.15) is 5.66 Å². The van der Waals surface area contributed by atoms with Crippen LogP contribution in [0.25, 0.3) is 27.9 Å². The number of aryl methyl sites for hydroxylation is 1. The number of amides is 1. The maximum atomic E-state index is 12.6. The van der Waals surface area contributed by atoms with Crippen LogP contribution in [0.2, 0.25) is 0 Å². The molecule has 0 radical (unpaired) electrons. The molecule has 1 atom stereocenters. The first-order valence-electron chi connectivity index (χ1n) is 11.3. The molecule has 4 aromatic rings. The number of anilines is 1. The molecule has 0 saturated carbocycles. The zero-order chi connectivity index (χ0) is 22.1. The summed E-state index contributed by atoms with van der Waals surface area (Å²) < 4.78 is 2.25. The second kappa shape index (κ2) is 6.49. The number of fused-ring (bicyclic) bond motifs is 6. The monoisotopic (exact) mass is 421 g/mol. The van der Waals surface area contributed by atoms with Crippen molar-refractivity contribution < 1.29 is 4.79 Å². The van der Waals surface area contributed by atoms with Crippen LogP contribution in [0.3, 0.4) is 0 Å². The summed E-state index contributed by atoms with van der Waals surface area (Å²) in [4.78, 5) is 15.0. The van der Waals surface area contributed by atoms with Gasteiger partial charge >= 0.3 is 0 Å². The second-order valence-corrected chi connectivity index (χ2v) is 9.54. The number of hydrogen-bond acceptors (Lipinski definition) is 2. The van der Waals surface area contributed by atoms with Gasteiger partial charge in [-0.2, -0.15) is 0 Å². The summed E-state index contributed by atoms with van der Waals surface area (Å²) in [6.07, 6.45) is 4.89. The van der Waals surface area contributed by atoms with Gasteiger partial charge in [-0.1, -0.05) is 62.4 Å². The van der Waals surface area contributed by atoms with Crippen molar-refractivity contribution in [3.05, 3.63) is 83.9 Å². The Hall–Kier alpha value is -3.53. The molecule has 3 heterocycles. The van der Waals surface area contributed by atoms with Crippen molar-refractivity contribution in [2.75, 3.05) is 11.4 Å². The van der Waals surface area contributed by atoms with Crippen LogP contribution < -0.4 is 10.2 Å². The van der Waals surface area contributed by atoms with Crippen molar-refractivity contribution in [1.82, 2.24) is 9.88 Å². The second-order valence-electron chi connectivity index (χ2n) is 9.54. The third-order valence-corrected chi connectivity index (χ3v) is 7.59. The van der Waals surface area contributed by atoms with Gasteiger partial charge in [0.25, 0.3) is 0 Å². The Morgan fingerprint density at radius 1 is 0.938 bits per heavy atom. The van der Waals surface area contributed by atoms with E-state index < -0.39 is 5.66 Å². The molecule has 160 valence electrons. The molecule has 2 aliphatic rings. The molecule has 2 aliphatic heterocycles. The van der Waals surface area contributed by atoms with E-state index in [0.717, 1.165) is 12.1 Å². The largest absolute Gasteiger partial charge is 0.344 e. The van der Waals surface area contributed by atoms with Crippen molar-refractivity contribution in [2.24, 2.45) is 7.05 Å². The van der Waals surface area contributed by atoms with Crippen LogP contribution >= 0.6 is 0 Å². The first kappa shape index (κ1) is 19.2. The summed E-state index contributed by atoms with van der Waals surface area (Å²) in [6.45, 7) is 5.18. The Morgan fingerprint density at radius 3 is 2.56 bits per heavy atom. The third-order valence-electron chi connectivity index (χ3n) is 7.59. The molecule has 0 aliphatic carbocycles. The zero-order valence-electron chi connectivity index (χ0n) is 18.7. The lowest BCUT2D eigenvalue weighted by atomic mass is 9.74. The van der Waals surface area contributed by atoms with Crippen molar-refractivity contribution in [2.45, 2.75) is 31.3 Å². The lowest BCUT2D eigenvalue weighted by Gasteiger charge is -2.49. The van der Waals surface area contributed by atoms with Gasteiger partial charge in [0.15, 0.2) is 0 Å². The topological polar surface area (TPSA) is 37.3 Å². The van der Waals surface area contributed by atoms with Crippen LogP contribution in [-0.2, 0) is 17.3 Å². The summed E-state index contributed by atoms with van der Waals surface area (Å²) in [6, 6.07) is 23.7. The van der Waals surface area contributed by atoms with Crippen molar-refractivity contribution in [3.63, 3.8) is 0 Å². The van der Waals surface area contributed by atoms with Gasteiger partial charge in [-0.3, -0.25) is 4.79 Å². The van der Waals surface area contributed by atoms with E-state index >= 15 is 0 Å². The molecule has 1 saturated heterocycles. The predicted octanol–water partition coefficient (Wildman–Crippen LogP) is 5.36. The smallest absolute Gasteiger partial charge is 0.223 e. The van der Waals surface area contributed by atoms with Gasteiger partial charge in [0.2, 0.25) is 5.91 Å². The fraction of sp³-hybridized carbons (Fsp3) is 0.250. The molecule has 0 spiro atoms. The van der Waals surface area contributed by atoms with E-state index in [2.05, 4.69) is 115 Å². The predicted molar refractivity (Wildman–Crippen MR) is 132 cm³/mol. The van der Waals surface area contributed by atoms with Crippen LogP contribution in [0, 0.1) is 0 Å². The highest BCUT2D eigenvalue weighted by atomic mass is 16.2. The third kappa shape index (κ3) is 2.41. The summed E-state index contributed by atoms with van der Waals surface area (Å²) in [5.41, 5.74) is 5.24. The Kier molecular flexibility index (Phi) is 3.89. The molecule has 1 unspecified atom stereocenters. The first-order chi connectivity index (χ1) is 15.4. The van der Waals surface area contributed by atoms with Crippen LogP contribution in [0.15, 0.2) is 72.8 Å². The standard InChI is InChI=1S/C28H27N3O/c1-27(2)22-9-5-7-11-25(22)31-17-15-26(32)29-28(27,31)16-14-19-12-13-24-21(18-19)20-8-4-6-10-23(20)30(24)3/h4-14,16,18H,15,17H2,1-3H3,(H,29,32)/b16-14+. The van der Waals surface area contributed by atoms with Gasteiger partial charge in [-0.05, 0) is 41.5 Å². The number of carbonyl (C=O) groups excluding carboxylic acids is 1. The van der Waals surface area contributed by atoms with Crippen molar-refractivity contribution in [1.29, 1.82) is 0 Å². The highest BCUT2D eigenvalue weighted by Gasteiger charge is 2.57. The Morgan fingerprint density at radius 2 is 1.69 bits per heavy atom. The quantitative estimate of drug-likeness (QED) is 0.473. The van der Waals surface area contributed by atoms with Gasteiger partial charge < -0.3 is 14.8 Å². The number of hydrogen-bond donors (Lipinski definition) is 1. The van der Waals surface area contributed by atoms with E-state index in [-0.39, 0.29) is 11.3 Å². The normalized spacial score (nSPS) is 21.8. The number of nitrogens with one attached hydrogen (secondary N) is 1. The Balaban J connectivity index is 1.49. The fourth-order valence-electron chi connectivity index (χ4n) is 5.83. The molecular formula is C28H27N3O. The maximum absolute atomic E-state index is 12.6. The summed E-state index contributed by atoms with van der Waals surface area (Å²) in [5, 5.41) is 5.88. The van der Waals surface area contributed by atoms with Gasteiger partial charge in [0.05, 0.1) is 0 Å². The number of rotatable bonds is 2. The fourth-order valence-corrected chi connectivity index (χ4v) is 5.83. The van der Waals surface area contributed by atoms with Crippen LogP contribution in [0.4, 0.5) is 5.69 Å². The van der Waals surface area contributed by atoms with E-state index in [1.54, 1.807) is 0 Å². The number of aromatic nitrogens is 1. The molecule has 4 heteroatoms. The average molecular weight is 422 g/mol. The van der Waals surface area contributed by atoms with Crippen molar-refractivity contribution in [3.8, 4) is 0 Å². The lowest BCUT2D eigenvalue weighted by Crippen LogP contribution is -2.68. The maximum Gasteiger partial charge on any atom is 0.223 e. The van der Waals surface area contributed by atoms with E-state index in [4.69, 9.17) is 0 Å². The summed E-state index contributed by atoms with van der Waals surface area (Å²) >= 11 is 0. The number of benzene rings is 3. The Bertz CT molecular complexity index is 1430. The SMILES string of the molecule is Cn1c2ccccc2c2cc(/C=C/C34NC(=O)CCN3c3ccccc3C4(C)C)ccc21. The van der Waals surface area contributed by atoms with Gasteiger partial charge in [0, 0.05) is 52.9 Å². The van der Waals surface area contributed by atoms with Crippen LogP contribution in [0.1, 0.15) is 31.4 Å². The zero-order valence-corrected chi connectivity index (χ0v) is 18.7. The van der Waals surface area contributed by atoms with Gasteiger partial charge in [-0.25, -0.2) is 0 Å². The van der Waals surface area contributed by atoms with Crippen LogP contribution in [0.5, 0.6) is 0 Å². The van der Waals surface area contributed by atoms with Gasteiger partial charge in [-0.15, -0.1) is 0 Å². The molecule has 1 N–H and O–H groups in total. The molecular weight excluding hydrogens is 394 g/mol. The van der Waals surface area contributed by atoms with Crippen molar-refractivity contribution >= 4 is 39.5 Å². The molecule has 4 nitrogen and oxygen atoms in total. The van der Waals surface area contributed by atoms with Crippen LogP contribution in [-0.4, -0.2) is 22.7 Å². The lowest BCUT2D eigenvalue weighted by molar-refractivity contribution is -0.124. The minimum atomic E-state index is -0.584. The Labute approximate surface area is 188 Å². The first-order valence-corrected chi connectivity index (χ1v) is 11.3. The molecule has 6 rings (SSSR count). The summed E-state index contributed by atoms with van der Waals surface area (Å²) in [7, 11) is 2.12. The number of para-hydroxylation sites is 2. The van der Waals surface area contributed by atoms with E-state index in [1.165, 1.54) is 33.1 Å². The minimum absolute atomic E-state index is 0.108. The van der Waals surface area contributed by atoms with E-state index in [9.17, 15) is 4.79 Å². The molecule has 0 bridgehead atoms. The molecule has 1 aromatic heterocycles. The highest BCUT2D eigenvalue weighted by molar-refractivity contribution is 6.08. The van der Waals surface area contributed by atoms with E-state index in [1.807, 2.05) is 0 Å². The molecule has 32 heavy (non-hydrogen) atoms. The molecule has 3 aromatic carbocycles. The average Bonchev–Trinajstić information content (AvgIpc) is 3.19. The van der Waals surface area contributed by atoms with E-state index in [0.29, 0.717) is 6.42 Å². The minimum Gasteiger partial charge on any atom is -0.344 e. The molecule has 1 fully saturated rings. The number of carbonyl (C=O) groups is 1. The number of nitrogens with zero attached hydrogens (tertiary/aromatic N) is 2.